The lowest BCUT2D eigenvalue weighted by Crippen LogP contribution is -2.65. The minimum Gasteiger partial charge on any atom is -0.504 e. The van der Waals surface area contributed by atoms with Gasteiger partial charge in [0.1, 0.15) is 6.10 Å². The van der Waals surface area contributed by atoms with E-state index in [0.717, 1.165) is 45.3 Å². The van der Waals surface area contributed by atoms with Crippen molar-refractivity contribution >= 4 is 11.9 Å². The summed E-state index contributed by atoms with van der Waals surface area (Å²) in [5.41, 5.74) is 0.332. The number of rotatable bonds is 3. The maximum absolute atomic E-state index is 12.6. The SMILES string of the molecule is COc1ccc(C(=O)O[C@H]2CCN3C[C@@H]4C[C@@H](CN5C(=O)CCC[C@H]45)[C@@H]3C2)cc1O. The number of methoxy groups -OCH3 is 1. The number of carbonyl (C=O) groups is 2. The second kappa shape index (κ2) is 7.76. The molecule has 7 heteroatoms. The minimum atomic E-state index is -0.407. The summed E-state index contributed by atoms with van der Waals surface area (Å²) in [5, 5.41) is 9.94. The van der Waals surface area contributed by atoms with Crippen LogP contribution in [-0.2, 0) is 9.53 Å². The van der Waals surface area contributed by atoms with Crippen LogP contribution in [0.15, 0.2) is 18.2 Å². The van der Waals surface area contributed by atoms with Crippen LogP contribution in [0.1, 0.15) is 48.9 Å². The van der Waals surface area contributed by atoms with Gasteiger partial charge in [-0.05, 0) is 55.7 Å². The first-order valence-corrected chi connectivity index (χ1v) is 11.1. The van der Waals surface area contributed by atoms with Crippen molar-refractivity contribution in [3.05, 3.63) is 23.8 Å². The van der Waals surface area contributed by atoms with E-state index in [0.29, 0.717) is 47.6 Å². The summed E-state index contributed by atoms with van der Waals surface area (Å²) in [6, 6.07) is 5.38. The summed E-state index contributed by atoms with van der Waals surface area (Å²) < 4.78 is 10.9. The smallest absolute Gasteiger partial charge is 0.338 e. The number of carbonyl (C=O) groups excluding carboxylic acids is 2. The molecule has 4 aliphatic heterocycles. The third kappa shape index (κ3) is 3.43. The van der Waals surface area contributed by atoms with Gasteiger partial charge in [-0.3, -0.25) is 9.69 Å². The van der Waals surface area contributed by atoms with Crippen LogP contribution < -0.4 is 4.74 Å². The Labute approximate surface area is 176 Å². The standard InChI is InChI=1S/C23H30N2O5/c1-29-21-6-5-14(10-20(21)26)23(28)30-17-7-8-24-12-15-9-16(19(24)11-17)13-25-18(15)3-2-4-22(25)27/h5-6,10,15-19,26H,2-4,7-9,11-13H2,1H3/t15-,16-,17-,18+,19-/m0/s1. The molecule has 0 aliphatic carbocycles. The lowest BCUT2D eigenvalue weighted by atomic mass is 9.70. The van der Waals surface area contributed by atoms with Crippen LogP contribution in [0.2, 0.25) is 0 Å². The summed E-state index contributed by atoms with van der Waals surface area (Å²) >= 11 is 0. The molecule has 0 radical (unpaired) electrons. The van der Waals surface area contributed by atoms with Gasteiger partial charge >= 0.3 is 5.97 Å². The lowest BCUT2D eigenvalue weighted by Gasteiger charge is -2.57. The van der Waals surface area contributed by atoms with E-state index < -0.39 is 5.97 Å². The Kier molecular flexibility index (Phi) is 5.09. The van der Waals surface area contributed by atoms with Gasteiger partial charge in [0.15, 0.2) is 11.5 Å². The van der Waals surface area contributed by atoms with Crippen molar-refractivity contribution in [2.24, 2.45) is 11.8 Å². The predicted octanol–water partition coefficient (Wildman–Crippen LogP) is 2.42. The van der Waals surface area contributed by atoms with Crippen LogP contribution >= 0.6 is 0 Å². The second-order valence-electron chi connectivity index (χ2n) is 9.26. The number of aromatic hydroxyl groups is 1. The van der Waals surface area contributed by atoms with Crippen LogP contribution in [0.4, 0.5) is 0 Å². The number of hydrogen-bond donors (Lipinski definition) is 1. The van der Waals surface area contributed by atoms with E-state index in [-0.39, 0.29) is 11.9 Å². The largest absolute Gasteiger partial charge is 0.504 e. The first kappa shape index (κ1) is 19.7. The van der Waals surface area contributed by atoms with Crippen LogP contribution in [-0.4, -0.2) is 71.7 Å². The fourth-order valence-corrected chi connectivity index (χ4v) is 6.20. The number of phenolic OH excluding ortho intramolecular Hbond substituents is 1. The second-order valence-corrected chi connectivity index (χ2v) is 9.26. The average Bonchev–Trinajstić information content (AvgIpc) is 2.75. The zero-order chi connectivity index (χ0) is 20.8. The van der Waals surface area contributed by atoms with Crippen molar-refractivity contribution in [1.29, 1.82) is 0 Å². The zero-order valence-electron chi connectivity index (χ0n) is 17.5. The number of benzene rings is 1. The van der Waals surface area contributed by atoms with E-state index in [1.807, 2.05) is 0 Å². The van der Waals surface area contributed by atoms with Gasteiger partial charge in [0.25, 0.3) is 0 Å². The Morgan fingerprint density at radius 1 is 1.13 bits per heavy atom. The molecule has 162 valence electrons. The molecule has 0 unspecified atom stereocenters. The molecule has 1 N–H and O–H groups in total. The van der Waals surface area contributed by atoms with Gasteiger partial charge in [-0.1, -0.05) is 0 Å². The average molecular weight is 415 g/mol. The molecule has 1 amide bonds. The molecule has 4 heterocycles. The van der Waals surface area contributed by atoms with Crippen molar-refractivity contribution in [2.75, 3.05) is 26.7 Å². The number of fused-ring (bicyclic) bond motifs is 6. The van der Waals surface area contributed by atoms with E-state index in [9.17, 15) is 14.7 Å². The maximum atomic E-state index is 12.6. The third-order valence-electron chi connectivity index (χ3n) is 7.61. The molecule has 1 aromatic rings. The van der Waals surface area contributed by atoms with Gasteiger partial charge in [0, 0.05) is 44.6 Å². The monoisotopic (exact) mass is 414 g/mol. The number of piperidine rings is 4. The Bertz CT molecular complexity index is 843. The van der Waals surface area contributed by atoms with Crippen molar-refractivity contribution in [3.63, 3.8) is 0 Å². The first-order valence-electron chi connectivity index (χ1n) is 11.1. The molecule has 4 fully saturated rings. The predicted molar refractivity (Wildman–Crippen MR) is 109 cm³/mol. The topological polar surface area (TPSA) is 79.3 Å². The van der Waals surface area contributed by atoms with Gasteiger partial charge in [-0.2, -0.15) is 0 Å². The molecule has 4 saturated heterocycles. The maximum Gasteiger partial charge on any atom is 0.338 e. The van der Waals surface area contributed by atoms with E-state index in [4.69, 9.17) is 9.47 Å². The number of esters is 1. The number of phenols is 1. The molecule has 5 rings (SSSR count). The van der Waals surface area contributed by atoms with E-state index >= 15 is 0 Å². The fraction of sp³-hybridized carbons (Fsp3) is 0.652. The van der Waals surface area contributed by atoms with E-state index in [2.05, 4.69) is 9.80 Å². The Hall–Kier alpha value is -2.28. The molecule has 7 nitrogen and oxygen atoms in total. The van der Waals surface area contributed by atoms with Crippen LogP contribution in [0.5, 0.6) is 11.5 Å². The summed E-state index contributed by atoms with van der Waals surface area (Å²) in [7, 11) is 1.47. The Morgan fingerprint density at radius 3 is 2.77 bits per heavy atom. The molecule has 1 aromatic carbocycles. The van der Waals surface area contributed by atoms with Gasteiger partial charge in [0.05, 0.1) is 12.7 Å². The van der Waals surface area contributed by atoms with E-state index in [1.165, 1.54) is 19.6 Å². The van der Waals surface area contributed by atoms with Crippen molar-refractivity contribution in [2.45, 2.75) is 56.7 Å². The quantitative estimate of drug-likeness (QED) is 0.766. The van der Waals surface area contributed by atoms with Crippen molar-refractivity contribution in [3.8, 4) is 11.5 Å². The highest BCUT2D eigenvalue weighted by molar-refractivity contribution is 5.90. The van der Waals surface area contributed by atoms with E-state index in [1.54, 1.807) is 12.1 Å². The summed E-state index contributed by atoms with van der Waals surface area (Å²) in [6.07, 6.45) is 5.58. The number of amides is 1. The lowest BCUT2D eigenvalue weighted by molar-refractivity contribution is -0.150. The number of ether oxygens (including phenoxy) is 2. The Morgan fingerprint density at radius 2 is 1.97 bits per heavy atom. The minimum absolute atomic E-state index is 0.0666. The first-order chi connectivity index (χ1) is 14.5. The number of nitrogens with zero attached hydrogens (tertiary/aromatic N) is 2. The molecule has 4 aliphatic rings. The van der Waals surface area contributed by atoms with Crippen molar-refractivity contribution < 1.29 is 24.2 Å². The fourth-order valence-electron chi connectivity index (χ4n) is 6.20. The van der Waals surface area contributed by atoms with Crippen LogP contribution in [0, 0.1) is 11.8 Å². The van der Waals surface area contributed by atoms with Gasteiger partial charge < -0.3 is 19.5 Å². The Balaban J connectivity index is 1.25. The molecule has 0 spiro atoms. The van der Waals surface area contributed by atoms with Crippen LogP contribution in [0.3, 0.4) is 0 Å². The summed E-state index contributed by atoms with van der Waals surface area (Å²) in [6.45, 7) is 2.85. The third-order valence-corrected chi connectivity index (χ3v) is 7.61. The molecule has 2 bridgehead atoms. The van der Waals surface area contributed by atoms with Gasteiger partial charge in [0.2, 0.25) is 5.91 Å². The van der Waals surface area contributed by atoms with Crippen molar-refractivity contribution in [1.82, 2.24) is 9.80 Å². The highest BCUT2D eigenvalue weighted by Crippen LogP contribution is 2.43. The molecular weight excluding hydrogens is 384 g/mol. The summed E-state index contributed by atoms with van der Waals surface area (Å²) in [4.78, 5) is 29.8. The molecular formula is C23H30N2O5. The molecule has 0 saturated carbocycles. The normalized spacial score (nSPS) is 33.4. The summed E-state index contributed by atoms with van der Waals surface area (Å²) in [5.74, 6) is 1.24. The van der Waals surface area contributed by atoms with Crippen LogP contribution in [0.25, 0.3) is 0 Å². The highest BCUT2D eigenvalue weighted by atomic mass is 16.5. The van der Waals surface area contributed by atoms with Gasteiger partial charge in [-0.25, -0.2) is 4.79 Å². The zero-order valence-corrected chi connectivity index (χ0v) is 17.5. The number of hydrogen-bond acceptors (Lipinski definition) is 6. The van der Waals surface area contributed by atoms with Gasteiger partial charge in [-0.15, -0.1) is 0 Å². The molecule has 30 heavy (non-hydrogen) atoms. The highest BCUT2D eigenvalue weighted by Gasteiger charge is 2.49. The molecule has 5 atom stereocenters. The molecule has 0 aromatic heterocycles.